The Morgan fingerprint density at radius 2 is 2.00 bits per heavy atom. The molecular weight excluding hydrogens is 298 g/mol. The first-order chi connectivity index (χ1) is 9.67. The second-order valence-corrected chi connectivity index (χ2v) is 7.15. The average molecular weight is 317 g/mol. The van der Waals surface area contributed by atoms with Gasteiger partial charge in [-0.2, -0.15) is 13.7 Å². The maximum atomic E-state index is 11.0. The highest BCUT2D eigenvalue weighted by atomic mass is 32.2. The molecule has 2 fully saturated rings. The molecule has 0 aliphatic carbocycles. The average Bonchev–Trinajstić information content (AvgIpc) is 2.83. The molecule has 7 nitrogen and oxygen atoms in total. The van der Waals surface area contributed by atoms with Crippen molar-refractivity contribution in [3.63, 3.8) is 0 Å². The first-order valence-corrected chi connectivity index (χ1v) is 8.48. The van der Waals surface area contributed by atoms with Gasteiger partial charge in [0.25, 0.3) is 0 Å². The third kappa shape index (κ3) is 3.55. The molecule has 21 heavy (non-hydrogen) atoms. The van der Waals surface area contributed by atoms with Crippen molar-refractivity contribution in [2.45, 2.75) is 57.4 Å². The van der Waals surface area contributed by atoms with Gasteiger partial charge >= 0.3 is 10.1 Å². The van der Waals surface area contributed by atoms with Gasteiger partial charge in [-0.05, 0) is 20.3 Å². The van der Waals surface area contributed by atoms with Gasteiger partial charge in [0.15, 0.2) is 5.79 Å². The largest absolute Gasteiger partial charge is 0.389 e. The van der Waals surface area contributed by atoms with Crippen molar-refractivity contribution in [2.24, 2.45) is 0 Å². The molecule has 2 aliphatic heterocycles. The topological polar surface area (TPSA) is 94.9 Å². The maximum absolute atomic E-state index is 11.0. The van der Waals surface area contributed by atoms with Crippen molar-refractivity contribution < 1.29 is 26.8 Å². The number of nitriles is 1. The fourth-order valence-corrected chi connectivity index (χ4v) is 2.84. The van der Waals surface area contributed by atoms with Crippen LogP contribution in [0.15, 0.2) is 11.8 Å². The fourth-order valence-electron chi connectivity index (χ4n) is 2.56. The molecule has 118 valence electrons. The van der Waals surface area contributed by atoms with Crippen LogP contribution in [0.25, 0.3) is 0 Å². The highest BCUT2D eigenvalue weighted by Gasteiger charge is 2.55. The summed E-state index contributed by atoms with van der Waals surface area (Å²) in [7, 11) is -3.68. The number of fused-ring (bicyclic) bond motifs is 1. The SMILES string of the molecule is CC[C@H]1OC(C(C#N)=COS(C)(=O)=O)C2OC(C)(C)O[C@H]21. The van der Waals surface area contributed by atoms with Gasteiger partial charge in [-0.3, -0.25) is 0 Å². The molecule has 8 heteroatoms. The Bertz CT molecular complexity index is 576. The van der Waals surface area contributed by atoms with Crippen molar-refractivity contribution >= 4 is 10.1 Å². The van der Waals surface area contributed by atoms with E-state index in [0.29, 0.717) is 6.42 Å². The molecule has 0 N–H and O–H groups in total. The molecule has 0 bridgehead atoms. The number of hydrogen-bond acceptors (Lipinski definition) is 7. The quantitative estimate of drug-likeness (QED) is 0.435. The molecule has 0 radical (unpaired) electrons. The molecule has 2 heterocycles. The lowest BCUT2D eigenvalue weighted by Crippen LogP contribution is -2.30. The van der Waals surface area contributed by atoms with Gasteiger partial charge in [0.2, 0.25) is 0 Å². The van der Waals surface area contributed by atoms with E-state index in [4.69, 9.17) is 14.2 Å². The van der Waals surface area contributed by atoms with Gasteiger partial charge in [-0.15, -0.1) is 0 Å². The summed E-state index contributed by atoms with van der Waals surface area (Å²) in [6.07, 6.45) is 0.852. The van der Waals surface area contributed by atoms with Gasteiger partial charge in [0.05, 0.1) is 17.9 Å². The molecule has 0 amide bonds. The summed E-state index contributed by atoms with van der Waals surface area (Å²) in [5.41, 5.74) is 0.0627. The summed E-state index contributed by atoms with van der Waals surface area (Å²) >= 11 is 0. The Kier molecular flexibility index (Phi) is 4.31. The normalized spacial score (nSPS) is 35.3. The minimum atomic E-state index is -3.68. The van der Waals surface area contributed by atoms with E-state index in [1.54, 1.807) is 13.8 Å². The predicted octanol–water partition coefficient (Wildman–Crippen LogP) is 1.07. The lowest BCUT2D eigenvalue weighted by molar-refractivity contribution is -0.183. The molecule has 4 atom stereocenters. The minimum Gasteiger partial charge on any atom is -0.389 e. The van der Waals surface area contributed by atoms with Crippen molar-refractivity contribution in [3.8, 4) is 6.07 Å². The first-order valence-electron chi connectivity index (χ1n) is 6.66. The van der Waals surface area contributed by atoms with Gasteiger partial charge < -0.3 is 18.4 Å². The van der Waals surface area contributed by atoms with E-state index in [1.807, 2.05) is 13.0 Å². The summed E-state index contributed by atoms with van der Waals surface area (Å²) in [5, 5.41) is 9.22. The fraction of sp³-hybridized carbons (Fsp3) is 0.769. The Morgan fingerprint density at radius 3 is 2.52 bits per heavy atom. The molecule has 2 aliphatic rings. The van der Waals surface area contributed by atoms with Gasteiger partial charge in [-0.25, -0.2) is 0 Å². The zero-order valence-electron chi connectivity index (χ0n) is 12.4. The Balaban J connectivity index is 2.24. The third-order valence-electron chi connectivity index (χ3n) is 3.34. The van der Waals surface area contributed by atoms with Crippen LogP contribution in [0.5, 0.6) is 0 Å². The van der Waals surface area contributed by atoms with Gasteiger partial charge in [0, 0.05) is 0 Å². The summed E-state index contributed by atoms with van der Waals surface area (Å²) in [4.78, 5) is 0. The second-order valence-electron chi connectivity index (χ2n) is 5.55. The van der Waals surface area contributed by atoms with Crippen molar-refractivity contribution in [3.05, 3.63) is 11.8 Å². The van der Waals surface area contributed by atoms with Crippen LogP contribution in [0, 0.1) is 11.3 Å². The van der Waals surface area contributed by atoms with E-state index < -0.39 is 28.1 Å². The summed E-state index contributed by atoms with van der Waals surface area (Å²) < 4.78 is 44.0. The number of rotatable bonds is 4. The number of nitrogens with zero attached hydrogens (tertiary/aromatic N) is 1. The van der Waals surface area contributed by atoms with Crippen LogP contribution in [0.2, 0.25) is 0 Å². The third-order valence-corrected chi connectivity index (χ3v) is 3.78. The number of ether oxygens (including phenoxy) is 3. The molecule has 0 spiro atoms. The van der Waals surface area contributed by atoms with Crippen molar-refractivity contribution in [1.29, 1.82) is 5.26 Å². The lowest BCUT2D eigenvalue weighted by atomic mass is 10.0. The van der Waals surface area contributed by atoms with E-state index in [1.165, 1.54) is 0 Å². The van der Waals surface area contributed by atoms with Crippen LogP contribution in [0.3, 0.4) is 0 Å². The summed E-state index contributed by atoms with van der Waals surface area (Å²) in [6, 6.07) is 1.91. The predicted molar refractivity (Wildman–Crippen MR) is 72.4 cm³/mol. The monoisotopic (exact) mass is 317 g/mol. The zero-order valence-corrected chi connectivity index (χ0v) is 13.2. The highest BCUT2D eigenvalue weighted by Crippen LogP contribution is 2.41. The molecule has 2 unspecified atom stereocenters. The maximum Gasteiger partial charge on any atom is 0.305 e. The molecule has 0 aromatic heterocycles. The highest BCUT2D eigenvalue weighted by molar-refractivity contribution is 7.86. The summed E-state index contributed by atoms with van der Waals surface area (Å²) in [6.45, 7) is 5.53. The molecule has 0 aromatic carbocycles. The van der Waals surface area contributed by atoms with E-state index >= 15 is 0 Å². The van der Waals surface area contributed by atoms with Crippen molar-refractivity contribution in [2.75, 3.05) is 6.26 Å². The van der Waals surface area contributed by atoms with Crippen LogP contribution in [-0.2, 0) is 28.5 Å². The van der Waals surface area contributed by atoms with E-state index in [9.17, 15) is 13.7 Å². The van der Waals surface area contributed by atoms with E-state index in [0.717, 1.165) is 12.5 Å². The molecule has 0 saturated carbocycles. The molecule has 0 aromatic rings. The molecular formula is C13H19NO6S. The lowest BCUT2D eigenvalue weighted by Gasteiger charge is -2.23. The van der Waals surface area contributed by atoms with E-state index in [2.05, 4.69) is 4.18 Å². The van der Waals surface area contributed by atoms with Gasteiger partial charge in [-0.1, -0.05) is 6.92 Å². The van der Waals surface area contributed by atoms with Crippen molar-refractivity contribution in [1.82, 2.24) is 0 Å². The minimum absolute atomic E-state index is 0.0627. The standard InChI is InChI=1S/C13H19NO6S/c1-5-9-11-12(20-13(2,3)19-11)10(18-9)8(6-14)7-17-21(4,15)16/h7,9-12H,5H2,1-4H3/t9-,10?,11+,12?/m1/s1. The molecule has 2 rings (SSSR count). The van der Waals surface area contributed by atoms with Crippen LogP contribution in [0.1, 0.15) is 27.2 Å². The van der Waals surface area contributed by atoms with Crippen LogP contribution in [0.4, 0.5) is 0 Å². The Morgan fingerprint density at radius 1 is 1.38 bits per heavy atom. The second kappa shape index (κ2) is 5.57. The Labute approximate surface area is 124 Å². The smallest absolute Gasteiger partial charge is 0.305 e. The Hall–Kier alpha value is -1.14. The van der Waals surface area contributed by atoms with Crippen LogP contribution >= 0.6 is 0 Å². The van der Waals surface area contributed by atoms with E-state index in [-0.39, 0.29) is 17.8 Å². The summed E-state index contributed by atoms with van der Waals surface area (Å²) in [5.74, 6) is -0.761. The molecule has 2 saturated heterocycles. The van der Waals surface area contributed by atoms with Gasteiger partial charge in [0.1, 0.15) is 30.6 Å². The first kappa shape index (κ1) is 16.2. The zero-order chi connectivity index (χ0) is 15.8. The van der Waals surface area contributed by atoms with Crippen LogP contribution in [-0.4, -0.2) is 44.9 Å². The van der Waals surface area contributed by atoms with Crippen LogP contribution < -0.4 is 0 Å². The number of hydrogen-bond donors (Lipinski definition) is 0.